The number of aromatic nitrogens is 2. The van der Waals surface area contributed by atoms with Crippen molar-refractivity contribution in [1.29, 1.82) is 0 Å². The highest BCUT2D eigenvalue weighted by Gasteiger charge is 2.09. The van der Waals surface area contributed by atoms with Crippen LogP contribution >= 0.6 is 0 Å². The van der Waals surface area contributed by atoms with Crippen molar-refractivity contribution in [2.45, 2.75) is 13.8 Å². The maximum Gasteiger partial charge on any atom is 0.275 e. The Labute approximate surface area is 105 Å². The van der Waals surface area contributed by atoms with Gasteiger partial charge in [-0.2, -0.15) is 0 Å². The molecule has 0 fully saturated rings. The average molecular weight is 242 g/mol. The summed E-state index contributed by atoms with van der Waals surface area (Å²) in [5, 5.41) is 2.78. The number of rotatable bonds is 2. The number of amides is 1. The average Bonchev–Trinajstić information content (AvgIpc) is 2.32. The summed E-state index contributed by atoms with van der Waals surface area (Å²) in [6.45, 7) is 3.94. The van der Waals surface area contributed by atoms with Crippen molar-refractivity contribution >= 4 is 17.4 Å². The normalized spacial score (nSPS) is 10.1. The van der Waals surface area contributed by atoms with Crippen LogP contribution in [-0.4, -0.2) is 15.9 Å². The summed E-state index contributed by atoms with van der Waals surface area (Å²) in [5.41, 5.74) is 8.60. The molecule has 2 aromatic rings. The van der Waals surface area contributed by atoms with Crippen LogP contribution < -0.4 is 11.1 Å². The third kappa shape index (κ3) is 2.63. The standard InChI is InChI=1S/C13H14N4O/c1-8-3-4-10(9(2)5-8)17-13(18)11-6-15-7-12(14)16-11/h3-7H,1-2H3,(H2,14,16)(H,17,18). The zero-order valence-electron chi connectivity index (χ0n) is 10.3. The summed E-state index contributed by atoms with van der Waals surface area (Å²) in [5.74, 6) is -0.0926. The van der Waals surface area contributed by atoms with E-state index in [9.17, 15) is 4.79 Å². The SMILES string of the molecule is Cc1ccc(NC(=O)c2cncc(N)n2)c(C)c1. The molecule has 5 nitrogen and oxygen atoms in total. The first-order valence-corrected chi connectivity index (χ1v) is 5.52. The highest BCUT2D eigenvalue weighted by Crippen LogP contribution is 2.16. The molecule has 18 heavy (non-hydrogen) atoms. The number of nitrogens with one attached hydrogen (secondary N) is 1. The number of aryl methyl sites for hydroxylation is 2. The van der Waals surface area contributed by atoms with Gasteiger partial charge in [-0.15, -0.1) is 0 Å². The van der Waals surface area contributed by atoms with E-state index in [-0.39, 0.29) is 17.4 Å². The van der Waals surface area contributed by atoms with E-state index in [1.165, 1.54) is 12.4 Å². The lowest BCUT2D eigenvalue weighted by atomic mass is 10.1. The lowest BCUT2D eigenvalue weighted by Crippen LogP contribution is -2.15. The monoisotopic (exact) mass is 242 g/mol. The van der Waals surface area contributed by atoms with Crippen LogP contribution in [0.2, 0.25) is 0 Å². The summed E-state index contributed by atoms with van der Waals surface area (Å²) in [4.78, 5) is 19.7. The number of hydrogen-bond donors (Lipinski definition) is 2. The highest BCUT2D eigenvalue weighted by atomic mass is 16.1. The van der Waals surface area contributed by atoms with Crippen molar-refractivity contribution in [3.63, 3.8) is 0 Å². The van der Waals surface area contributed by atoms with Crippen LogP contribution in [0.3, 0.4) is 0 Å². The molecule has 0 atom stereocenters. The molecule has 3 N–H and O–H groups in total. The van der Waals surface area contributed by atoms with Gasteiger partial charge in [0.05, 0.1) is 12.4 Å². The van der Waals surface area contributed by atoms with Crippen molar-refractivity contribution in [2.75, 3.05) is 11.1 Å². The lowest BCUT2D eigenvalue weighted by Gasteiger charge is -2.08. The third-order valence-corrected chi connectivity index (χ3v) is 2.52. The Bertz CT molecular complexity index is 595. The number of benzene rings is 1. The zero-order chi connectivity index (χ0) is 13.1. The van der Waals surface area contributed by atoms with Gasteiger partial charge in [-0.25, -0.2) is 4.98 Å². The topological polar surface area (TPSA) is 80.9 Å². The quantitative estimate of drug-likeness (QED) is 0.843. The Kier molecular flexibility index (Phi) is 3.23. The molecule has 0 spiro atoms. The van der Waals surface area contributed by atoms with E-state index in [1.807, 2.05) is 32.0 Å². The van der Waals surface area contributed by atoms with E-state index >= 15 is 0 Å². The Morgan fingerprint density at radius 1 is 1.28 bits per heavy atom. The first kappa shape index (κ1) is 12.0. The highest BCUT2D eigenvalue weighted by molar-refractivity contribution is 6.03. The van der Waals surface area contributed by atoms with Crippen LogP contribution in [0, 0.1) is 13.8 Å². The molecular formula is C13H14N4O. The molecular weight excluding hydrogens is 228 g/mol. The van der Waals surface area contributed by atoms with E-state index < -0.39 is 0 Å². The minimum Gasteiger partial charge on any atom is -0.382 e. The first-order valence-electron chi connectivity index (χ1n) is 5.52. The summed E-state index contributed by atoms with van der Waals surface area (Å²) >= 11 is 0. The van der Waals surface area contributed by atoms with Crippen molar-refractivity contribution in [2.24, 2.45) is 0 Å². The summed E-state index contributed by atoms with van der Waals surface area (Å²) in [6, 6.07) is 5.80. The molecule has 1 amide bonds. The van der Waals surface area contributed by atoms with Gasteiger partial charge < -0.3 is 11.1 Å². The van der Waals surface area contributed by atoms with E-state index in [1.54, 1.807) is 0 Å². The molecule has 2 rings (SSSR count). The number of carbonyl (C=O) groups is 1. The van der Waals surface area contributed by atoms with E-state index in [0.29, 0.717) is 0 Å². The van der Waals surface area contributed by atoms with Crippen molar-refractivity contribution in [3.8, 4) is 0 Å². The van der Waals surface area contributed by atoms with Gasteiger partial charge in [-0.1, -0.05) is 17.7 Å². The molecule has 0 aliphatic rings. The van der Waals surface area contributed by atoms with Crippen LogP contribution in [-0.2, 0) is 0 Å². The predicted molar refractivity (Wildman–Crippen MR) is 70.3 cm³/mol. The third-order valence-electron chi connectivity index (χ3n) is 2.52. The number of anilines is 2. The van der Waals surface area contributed by atoms with Crippen molar-refractivity contribution in [3.05, 3.63) is 47.4 Å². The Morgan fingerprint density at radius 2 is 2.06 bits per heavy atom. The number of carbonyl (C=O) groups excluding carboxylic acids is 1. The Hall–Kier alpha value is -2.43. The minimum absolute atomic E-state index is 0.204. The molecule has 0 aliphatic carbocycles. The molecule has 0 saturated heterocycles. The molecule has 5 heteroatoms. The molecule has 0 unspecified atom stereocenters. The minimum atomic E-state index is -0.318. The lowest BCUT2D eigenvalue weighted by molar-refractivity contribution is 0.102. The van der Waals surface area contributed by atoms with Crippen LogP contribution in [0.5, 0.6) is 0 Å². The zero-order valence-corrected chi connectivity index (χ0v) is 10.3. The molecule has 1 heterocycles. The van der Waals surface area contributed by atoms with Gasteiger partial charge in [0.25, 0.3) is 5.91 Å². The van der Waals surface area contributed by atoms with Gasteiger partial charge in [-0.05, 0) is 25.5 Å². The van der Waals surface area contributed by atoms with Crippen LogP contribution in [0.15, 0.2) is 30.6 Å². The van der Waals surface area contributed by atoms with Gasteiger partial charge in [-0.3, -0.25) is 9.78 Å². The largest absolute Gasteiger partial charge is 0.382 e. The van der Waals surface area contributed by atoms with Gasteiger partial charge in [0, 0.05) is 5.69 Å². The summed E-state index contributed by atoms with van der Waals surface area (Å²) in [7, 11) is 0. The maximum atomic E-state index is 11.9. The van der Waals surface area contributed by atoms with E-state index in [0.717, 1.165) is 16.8 Å². The first-order chi connectivity index (χ1) is 8.56. The Morgan fingerprint density at radius 3 is 2.72 bits per heavy atom. The number of nitrogen functional groups attached to an aromatic ring is 1. The maximum absolute atomic E-state index is 11.9. The molecule has 0 saturated carbocycles. The molecule has 0 bridgehead atoms. The molecule has 0 radical (unpaired) electrons. The number of nitrogens with two attached hydrogens (primary N) is 1. The van der Waals surface area contributed by atoms with Gasteiger partial charge in [0.1, 0.15) is 11.5 Å². The van der Waals surface area contributed by atoms with Crippen molar-refractivity contribution in [1.82, 2.24) is 9.97 Å². The molecule has 92 valence electrons. The summed E-state index contributed by atoms with van der Waals surface area (Å²) < 4.78 is 0. The fraction of sp³-hybridized carbons (Fsp3) is 0.154. The molecule has 1 aromatic heterocycles. The number of nitrogens with zero attached hydrogens (tertiary/aromatic N) is 2. The Balaban J connectivity index is 2.21. The molecule has 0 aliphatic heterocycles. The second-order valence-corrected chi connectivity index (χ2v) is 4.10. The van der Waals surface area contributed by atoms with E-state index in [4.69, 9.17) is 5.73 Å². The fourth-order valence-corrected chi connectivity index (χ4v) is 1.63. The number of hydrogen-bond acceptors (Lipinski definition) is 4. The van der Waals surface area contributed by atoms with E-state index in [2.05, 4.69) is 15.3 Å². The van der Waals surface area contributed by atoms with Crippen LogP contribution in [0.25, 0.3) is 0 Å². The molecule has 1 aromatic carbocycles. The summed E-state index contributed by atoms with van der Waals surface area (Å²) in [6.07, 6.45) is 2.78. The fourth-order valence-electron chi connectivity index (χ4n) is 1.63. The van der Waals surface area contributed by atoms with Gasteiger partial charge in [0.2, 0.25) is 0 Å². The van der Waals surface area contributed by atoms with Crippen LogP contribution in [0.1, 0.15) is 21.6 Å². The van der Waals surface area contributed by atoms with Crippen molar-refractivity contribution < 1.29 is 4.79 Å². The predicted octanol–water partition coefficient (Wildman–Crippen LogP) is 1.93. The second kappa shape index (κ2) is 4.83. The second-order valence-electron chi connectivity index (χ2n) is 4.10. The van der Waals surface area contributed by atoms with Crippen LogP contribution in [0.4, 0.5) is 11.5 Å². The van der Waals surface area contributed by atoms with Gasteiger partial charge >= 0.3 is 0 Å². The smallest absolute Gasteiger partial charge is 0.275 e. The van der Waals surface area contributed by atoms with Gasteiger partial charge in [0.15, 0.2) is 0 Å².